The van der Waals surface area contributed by atoms with Gasteiger partial charge in [-0.05, 0) is 29.4 Å². The third kappa shape index (κ3) is 3.52. The molecular weight excluding hydrogens is 328 g/mol. The Hall–Kier alpha value is -1.62. The van der Waals surface area contributed by atoms with Gasteiger partial charge in [0.25, 0.3) is 5.91 Å². The molecule has 2 rings (SSSR count). The van der Waals surface area contributed by atoms with Gasteiger partial charge in [-0.15, -0.1) is 0 Å². The monoisotopic (exact) mass is 360 g/mol. The summed E-state index contributed by atoms with van der Waals surface area (Å²) in [4.78, 5) is 18.3. The van der Waals surface area contributed by atoms with Crippen LogP contribution in [0, 0.1) is 5.92 Å². The number of benzene rings is 1. The van der Waals surface area contributed by atoms with E-state index in [4.69, 9.17) is 4.84 Å². The van der Waals surface area contributed by atoms with Crippen LogP contribution < -0.4 is 4.57 Å². The van der Waals surface area contributed by atoms with Gasteiger partial charge in [0, 0.05) is 11.3 Å². The van der Waals surface area contributed by atoms with E-state index in [0.717, 1.165) is 24.1 Å². The Labute approximate surface area is 153 Å². The van der Waals surface area contributed by atoms with Crippen molar-refractivity contribution in [1.29, 1.82) is 0 Å². The average molecular weight is 361 g/mol. The molecule has 1 amide bonds. The third-order valence-corrected chi connectivity index (χ3v) is 10.8. The molecular formula is C20H32N2O2Si. The molecule has 0 N–H and O–H groups in total. The van der Waals surface area contributed by atoms with Crippen molar-refractivity contribution in [3.05, 3.63) is 29.3 Å². The molecule has 0 fully saturated rings. The maximum Gasteiger partial charge on any atom is 0.273 e. The molecule has 25 heavy (non-hydrogen) atoms. The molecule has 0 atom stereocenters. The van der Waals surface area contributed by atoms with E-state index in [1.165, 1.54) is 12.7 Å². The van der Waals surface area contributed by atoms with Crippen LogP contribution in [0.4, 0.5) is 5.69 Å². The standard InChI is InChI=1S/C20H32N2O2Si/c1-14(2)12-13-15-10-9-11-16-17(21-24-6)19(23)22(18(15)16)25(7,8)20(3,4)5/h9-11,14H,12-13H2,1-8H3/b21-17+. The second kappa shape index (κ2) is 6.94. The molecule has 4 nitrogen and oxygen atoms in total. The van der Waals surface area contributed by atoms with Gasteiger partial charge < -0.3 is 9.40 Å². The molecule has 0 aliphatic carbocycles. The molecule has 1 aliphatic heterocycles. The molecule has 1 aromatic rings. The van der Waals surface area contributed by atoms with E-state index in [2.05, 4.69) is 63.5 Å². The van der Waals surface area contributed by atoms with Crippen molar-refractivity contribution >= 4 is 25.5 Å². The lowest BCUT2D eigenvalue weighted by Crippen LogP contribution is -2.57. The van der Waals surface area contributed by atoms with E-state index in [1.807, 2.05) is 12.1 Å². The van der Waals surface area contributed by atoms with Crippen molar-refractivity contribution in [2.24, 2.45) is 11.1 Å². The molecule has 0 radical (unpaired) electrons. The van der Waals surface area contributed by atoms with Gasteiger partial charge in [0.1, 0.15) is 7.11 Å². The van der Waals surface area contributed by atoms with Crippen LogP contribution in [-0.4, -0.2) is 27.0 Å². The van der Waals surface area contributed by atoms with Crippen LogP contribution in [-0.2, 0) is 16.1 Å². The Kier molecular flexibility index (Phi) is 5.47. The Bertz CT molecular complexity index is 687. The number of nitrogens with zero attached hydrogens (tertiary/aromatic N) is 2. The Morgan fingerprint density at radius 1 is 1.24 bits per heavy atom. The predicted octanol–water partition coefficient (Wildman–Crippen LogP) is 4.98. The molecule has 1 aliphatic rings. The fraction of sp³-hybridized carbons (Fsp3) is 0.600. The summed E-state index contributed by atoms with van der Waals surface area (Å²) in [5.41, 5.74) is 3.66. The molecule has 0 saturated heterocycles. The van der Waals surface area contributed by atoms with Crippen LogP contribution in [0.2, 0.25) is 18.1 Å². The summed E-state index contributed by atoms with van der Waals surface area (Å²) in [6.45, 7) is 15.7. The maximum absolute atomic E-state index is 13.3. The minimum absolute atomic E-state index is 0.0135. The quantitative estimate of drug-likeness (QED) is 0.549. The topological polar surface area (TPSA) is 41.9 Å². The summed E-state index contributed by atoms with van der Waals surface area (Å²) in [5.74, 6) is 0.613. The van der Waals surface area contributed by atoms with Crippen molar-refractivity contribution in [2.75, 3.05) is 11.7 Å². The highest BCUT2D eigenvalue weighted by Gasteiger charge is 2.50. The van der Waals surface area contributed by atoms with Crippen LogP contribution in [0.15, 0.2) is 23.4 Å². The first-order valence-electron chi connectivity index (χ1n) is 9.10. The highest BCUT2D eigenvalue weighted by atomic mass is 28.3. The Balaban J connectivity index is 2.66. The zero-order valence-electron chi connectivity index (χ0n) is 16.9. The lowest BCUT2D eigenvalue weighted by atomic mass is 9.99. The van der Waals surface area contributed by atoms with E-state index < -0.39 is 8.24 Å². The summed E-state index contributed by atoms with van der Waals surface area (Å²) in [6.07, 6.45) is 2.08. The van der Waals surface area contributed by atoms with Gasteiger partial charge in [0.2, 0.25) is 0 Å². The van der Waals surface area contributed by atoms with Crippen LogP contribution in [0.25, 0.3) is 0 Å². The summed E-state index contributed by atoms with van der Waals surface area (Å²) in [6, 6.07) is 6.18. The number of oxime groups is 1. The van der Waals surface area contributed by atoms with Crippen molar-refractivity contribution < 1.29 is 9.63 Å². The van der Waals surface area contributed by atoms with Crippen molar-refractivity contribution in [3.8, 4) is 0 Å². The lowest BCUT2D eigenvalue weighted by Gasteiger charge is -2.44. The van der Waals surface area contributed by atoms with Crippen LogP contribution in [0.1, 0.15) is 52.2 Å². The number of hydrogen-bond acceptors (Lipinski definition) is 3. The Morgan fingerprint density at radius 2 is 1.88 bits per heavy atom. The molecule has 5 heteroatoms. The van der Waals surface area contributed by atoms with Gasteiger partial charge in [-0.25, -0.2) is 0 Å². The second-order valence-corrected chi connectivity index (χ2v) is 13.9. The normalized spacial score (nSPS) is 16.8. The lowest BCUT2D eigenvalue weighted by molar-refractivity contribution is -0.111. The van der Waals surface area contributed by atoms with Gasteiger partial charge in [-0.1, -0.05) is 71.1 Å². The minimum atomic E-state index is -2.10. The summed E-state index contributed by atoms with van der Waals surface area (Å²) in [7, 11) is -0.600. The first-order chi connectivity index (χ1) is 11.5. The number of carbonyl (C=O) groups excluding carboxylic acids is 1. The first-order valence-corrected chi connectivity index (χ1v) is 12.0. The molecule has 0 aromatic heterocycles. The van der Waals surface area contributed by atoms with Crippen molar-refractivity contribution in [2.45, 2.75) is 65.6 Å². The van der Waals surface area contributed by atoms with Crippen molar-refractivity contribution in [3.63, 3.8) is 0 Å². The van der Waals surface area contributed by atoms with Gasteiger partial charge in [0.05, 0.1) is 0 Å². The molecule has 0 unspecified atom stereocenters. The first kappa shape index (κ1) is 19.7. The molecule has 0 spiro atoms. The number of anilines is 1. The molecule has 1 aromatic carbocycles. The van der Waals surface area contributed by atoms with Crippen LogP contribution >= 0.6 is 0 Å². The second-order valence-electron chi connectivity index (χ2n) is 8.82. The molecule has 0 saturated carbocycles. The average Bonchev–Trinajstić information content (AvgIpc) is 2.78. The number of amides is 1. The Morgan fingerprint density at radius 3 is 2.40 bits per heavy atom. The highest BCUT2D eigenvalue weighted by molar-refractivity contribution is 6.90. The molecule has 0 bridgehead atoms. The van der Waals surface area contributed by atoms with Crippen molar-refractivity contribution in [1.82, 2.24) is 0 Å². The number of aryl methyl sites for hydroxylation is 1. The number of hydrogen-bond donors (Lipinski definition) is 0. The zero-order chi connectivity index (χ0) is 19.0. The van der Waals surface area contributed by atoms with Gasteiger partial charge in [-0.3, -0.25) is 4.79 Å². The van der Waals surface area contributed by atoms with E-state index in [-0.39, 0.29) is 10.9 Å². The van der Waals surface area contributed by atoms with E-state index in [0.29, 0.717) is 11.6 Å². The summed E-state index contributed by atoms with van der Waals surface area (Å²) in [5, 5.41) is 4.13. The van der Waals surface area contributed by atoms with E-state index >= 15 is 0 Å². The number of rotatable bonds is 5. The number of carbonyl (C=O) groups is 1. The maximum atomic E-state index is 13.3. The minimum Gasteiger partial charge on any atom is -0.398 e. The highest BCUT2D eigenvalue weighted by Crippen LogP contribution is 2.45. The SMILES string of the molecule is CO/N=C1/C(=O)N([Si](C)(C)C(C)(C)C)c2c(CCC(C)C)cccc21. The van der Waals surface area contributed by atoms with E-state index in [1.54, 1.807) is 0 Å². The number of para-hydroxylation sites is 1. The van der Waals surface area contributed by atoms with Gasteiger partial charge >= 0.3 is 0 Å². The zero-order valence-corrected chi connectivity index (χ0v) is 17.9. The van der Waals surface area contributed by atoms with Gasteiger partial charge in [0.15, 0.2) is 13.9 Å². The largest absolute Gasteiger partial charge is 0.398 e. The fourth-order valence-corrected chi connectivity index (χ4v) is 5.17. The molecule has 138 valence electrons. The smallest absolute Gasteiger partial charge is 0.273 e. The number of fused-ring (bicyclic) bond motifs is 1. The predicted molar refractivity (Wildman–Crippen MR) is 108 cm³/mol. The third-order valence-electron chi connectivity index (χ3n) is 5.57. The fourth-order valence-electron chi connectivity index (χ4n) is 3.06. The summed E-state index contributed by atoms with van der Waals surface area (Å²) >= 11 is 0. The van der Waals surface area contributed by atoms with Crippen LogP contribution in [0.5, 0.6) is 0 Å². The van der Waals surface area contributed by atoms with Gasteiger partial charge in [-0.2, -0.15) is 0 Å². The van der Waals surface area contributed by atoms with E-state index in [9.17, 15) is 4.79 Å². The van der Waals surface area contributed by atoms with Crippen LogP contribution in [0.3, 0.4) is 0 Å². The summed E-state index contributed by atoms with van der Waals surface area (Å²) < 4.78 is 2.08. The molecule has 1 heterocycles.